The van der Waals surface area contributed by atoms with Gasteiger partial charge in [0.15, 0.2) is 11.0 Å². The fourth-order valence-electron chi connectivity index (χ4n) is 3.71. The van der Waals surface area contributed by atoms with Crippen LogP contribution in [-0.2, 0) is 17.0 Å². The van der Waals surface area contributed by atoms with E-state index in [1.165, 1.54) is 17.7 Å². The zero-order valence-electron chi connectivity index (χ0n) is 17.7. The molecular weight excluding hydrogens is 443 g/mol. The number of thiazole rings is 1. The Morgan fingerprint density at radius 2 is 1.88 bits per heavy atom. The quantitative estimate of drug-likeness (QED) is 0.313. The largest absolute Gasteiger partial charge is 0.376 e. The molecule has 4 aromatic rings. The Hall–Kier alpha value is -2.55. The number of halogens is 1. The molecule has 0 spiro atoms. The molecule has 3 heterocycles. The van der Waals surface area contributed by atoms with Gasteiger partial charge in [-0.15, -0.1) is 21.5 Å². The smallest absolute Gasteiger partial charge is 0.191 e. The molecule has 0 N–H and O–H groups in total. The van der Waals surface area contributed by atoms with Crippen LogP contribution in [0.25, 0.3) is 22.0 Å². The molecule has 1 saturated heterocycles. The molecule has 1 aliphatic rings. The number of nitrogens with zero attached hydrogens (tertiary/aromatic N) is 4. The van der Waals surface area contributed by atoms with Crippen molar-refractivity contribution in [2.24, 2.45) is 0 Å². The van der Waals surface area contributed by atoms with Gasteiger partial charge in [0.2, 0.25) is 0 Å². The number of hydrogen-bond donors (Lipinski definition) is 0. The first-order valence-electron chi connectivity index (χ1n) is 10.6. The van der Waals surface area contributed by atoms with Gasteiger partial charge in [0, 0.05) is 28.9 Å². The van der Waals surface area contributed by atoms with Gasteiger partial charge in [-0.1, -0.05) is 41.6 Å². The van der Waals surface area contributed by atoms with Crippen molar-refractivity contribution in [2.45, 2.75) is 43.3 Å². The zero-order chi connectivity index (χ0) is 21.9. The van der Waals surface area contributed by atoms with E-state index in [-0.39, 0.29) is 11.9 Å². The summed E-state index contributed by atoms with van der Waals surface area (Å²) in [5.41, 5.74) is 4.24. The highest BCUT2D eigenvalue weighted by Crippen LogP contribution is 2.30. The van der Waals surface area contributed by atoms with Crippen LogP contribution >= 0.6 is 23.1 Å². The summed E-state index contributed by atoms with van der Waals surface area (Å²) in [4.78, 5) is 4.81. The predicted molar refractivity (Wildman–Crippen MR) is 126 cm³/mol. The van der Waals surface area contributed by atoms with Crippen LogP contribution in [0, 0.1) is 12.7 Å². The highest BCUT2D eigenvalue weighted by atomic mass is 32.2. The Morgan fingerprint density at radius 1 is 1.09 bits per heavy atom. The Balaban J connectivity index is 1.36. The minimum absolute atomic E-state index is 0.150. The monoisotopic (exact) mass is 466 g/mol. The van der Waals surface area contributed by atoms with Crippen molar-refractivity contribution >= 4 is 23.1 Å². The van der Waals surface area contributed by atoms with E-state index in [1.807, 2.05) is 0 Å². The van der Waals surface area contributed by atoms with E-state index in [4.69, 9.17) is 9.72 Å². The highest BCUT2D eigenvalue weighted by molar-refractivity contribution is 7.98. The lowest BCUT2D eigenvalue weighted by molar-refractivity contribution is 0.0953. The molecule has 2 aromatic carbocycles. The second-order valence-corrected chi connectivity index (χ2v) is 9.66. The molecular formula is C24H23FN4OS2. The molecule has 8 heteroatoms. The lowest BCUT2D eigenvalue weighted by atomic mass is 10.2. The van der Waals surface area contributed by atoms with Gasteiger partial charge in [-0.25, -0.2) is 9.37 Å². The van der Waals surface area contributed by atoms with Crippen molar-refractivity contribution in [3.63, 3.8) is 0 Å². The van der Waals surface area contributed by atoms with Crippen LogP contribution in [0.2, 0.25) is 0 Å². The van der Waals surface area contributed by atoms with E-state index < -0.39 is 0 Å². The van der Waals surface area contributed by atoms with Crippen molar-refractivity contribution in [1.29, 1.82) is 0 Å². The molecule has 5 rings (SSSR count). The lowest BCUT2D eigenvalue weighted by Gasteiger charge is -2.14. The number of ether oxygens (including phenoxy) is 1. The molecule has 1 atom stereocenters. The average Bonchev–Trinajstić information content (AvgIpc) is 3.56. The van der Waals surface area contributed by atoms with Crippen molar-refractivity contribution in [3.05, 3.63) is 71.0 Å². The molecule has 0 aliphatic carbocycles. The van der Waals surface area contributed by atoms with Crippen LogP contribution in [0.15, 0.2) is 59.1 Å². The van der Waals surface area contributed by atoms with Crippen LogP contribution in [0.3, 0.4) is 0 Å². The Labute approximate surface area is 194 Å². The third-order valence-corrected chi connectivity index (χ3v) is 7.37. The Bertz CT molecular complexity index is 1180. The normalized spacial score (nSPS) is 16.0. The van der Waals surface area contributed by atoms with Crippen LogP contribution in [0.4, 0.5) is 4.39 Å². The molecule has 5 nitrogen and oxygen atoms in total. The summed E-state index contributed by atoms with van der Waals surface area (Å²) in [5, 5.41) is 12.8. The van der Waals surface area contributed by atoms with Gasteiger partial charge in [0.1, 0.15) is 10.8 Å². The average molecular weight is 467 g/mol. The van der Waals surface area contributed by atoms with Gasteiger partial charge >= 0.3 is 0 Å². The van der Waals surface area contributed by atoms with Crippen molar-refractivity contribution in [3.8, 4) is 22.0 Å². The van der Waals surface area contributed by atoms with E-state index >= 15 is 0 Å². The second-order valence-electron chi connectivity index (χ2n) is 7.86. The van der Waals surface area contributed by atoms with Crippen molar-refractivity contribution in [1.82, 2.24) is 19.7 Å². The summed E-state index contributed by atoms with van der Waals surface area (Å²) in [7, 11) is 0. The summed E-state index contributed by atoms with van der Waals surface area (Å²) in [5.74, 6) is 1.18. The van der Waals surface area contributed by atoms with Gasteiger partial charge in [0.25, 0.3) is 0 Å². The first-order chi connectivity index (χ1) is 15.7. The molecule has 1 aliphatic heterocycles. The Morgan fingerprint density at radius 3 is 2.62 bits per heavy atom. The van der Waals surface area contributed by atoms with Crippen LogP contribution in [-0.4, -0.2) is 32.5 Å². The third-order valence-electron chi connectivity index (χ3n) is 5.43. The summed E-state index contributed by atoms with van der Waals surface area (Å²) in [6.45, 7) is 3.57. The van der Waals surface area contributed by atoms with Crippen LogP contribution in [0.1, 0.15) is 24.1 Å². The number of hydrogen-bond acceptors (Lipinski definition) is 6. The maximum Gasteiger partial charge on any atom is 0.191 e. The molecule has 32 heavy (non-hydrogen) atoms. The van der Waals surface area contributed by atoms with Gasteiger partial charge in [-0.3, -0.25) is 4.57 Å². The van der Waals surface area contributed by atoms with Crippen molar-refractivity contribution in [2.75, 3.05) is 6.61 Å². The lowest BCUT2D eigenvalue weighted by Crippen LogP contribution is -2.16. The fraction of sp³-hybridized carbons (Fsp3) is 0.292. The third kappa shape index (κ3) is 4.77. The summed E-state index contributed by atoms with van der Waals surface area (Å²) < 4.78 is 21.4. The molecule has 2 aromatic heterocycles. The maximum absolute atomic E-state index is 13.4. The molecule has 164 valence electrons. The van der Waals surface area contributed by atoms with Crippen LogP contribution < -0.4 is 0 Å². The molecule has 0 bridgehead atoms. The van der Waals surface area contributed by atoms with Gasteiger partial charge < -0.3 is 4.74 Å². The zero-order valence-corrected chi connectivity index (χ0v) is 19.3. The highest BCUT2D eigenvalue weighted by Gasteiger charge is 2.22. The SMILES string of the molecule is Cc1ccc(-c2nc(CSc3nnc(-c4ccc(F)cc4)n3CC3CCCO3)cs2)cc1. The van der Waals surface area contributed by atoms with E-state index in [2.05, 4.69) is 51.3 Å². The first-order valence-corrected chi connectivity index (χ1v) is 12.5. The minimum atomic E-state index is -0.263. The van der Waals surface area contributed by atoms with Gasteiger partial charge in [-0.2, -0.15) is 0 Å². The number of aryl methyl sites for hydroxylation is 1. The number of rotatable bonds is 7. The van der Waals surface area contributed by atoms with Gasteiger partial charge in [-0.05, 0) is 44.0 Å². The molecule has 1 fully saturated rings. The van der Waals surface area contributed by atoms with E-state index in [0.717, 1.165) is 52.3 Å². The van der Waals surface area contributed by atoms with Crippen molar-refractivity contribution < 1.29 is 9.13 Å². The molecule has 0 saturated carbocycles. The Kier molecular flexibility index (Phi) is 6.34. The molecule has 1 unspecified atom stereocenters. The molecule has 0 amide bonds. The van der Waals surface area contributed by atoms with E-state index in [9.17, 15) is 4.39 Å². The topological polar surface area (TPSA) is 52.8 Å². The summed E-state index contributed by atoms with van der Waals surface area (Å²) >= 11 is 3.27. The second kappa shape index (κ2) is 9.52. The van der Waals surface area contributed by atoms with E-state index in [0.29, 0.717) is 12.3 Å². The first kappa shape index (κ1) is 21.3. The van der Waals surface area contributed by atoms with E-state index in [1.54, 1.807) is 35.2 Å². The van der Waals surface area contributed by atoms with Crippen LogP contribution in [0.5, 0.6) is 0 Å². The number of thioether (sulfide) groups is 1. The number of aromatic nitrogens is 4. The van der Waals surface area contributed by atoms with Gasteiger partial charge in [0.05, 0.1) is 18.3 Å². The fourth-order valence-corrected chi connectivity index (χ4v) is 5.48. The molecule has 0 radical (unpaired) electrons. The number of benzene rings is 2. The summed E-state index contributed by atoms with van der Waals surface area (Å²) in [6, 6.07) is 14.8. The standard InChI is InChI=1S/C24H23FN4OS2/c1-16-4-6-18(7-5-16)23-26-20(14-31-23)15-32-24-28-27-22(17-8-10-19(25)11-9-17)29(24)13-21-3-2-12-30-21/h4-11,14,21H,2-3,12-13,15H2,1H3. The predicted octanol–water partition coefficient (Wildman–Crippen LogP) is 5.99. The minimum Gasteiger partial charge on any atom is -0.376 e. The maximum atomic E-state index is 13.4. The summed E-state index contributed by atoms with van der Waals surface area (Å²) in [6.07, 6.45) is 2.25.